The van der Waals surface area contributed by atoms with Crippen LogP contribution in [0.4, 0.5) is 0 Å². The summed E-state index contributed by atoms with van der Waals surface area (Å²) in [5.74, 6) is 0.681. The van der Waals surface area contributed by atoms with Crippen molar-refractivity contribution < 1.29 is 9.47 Å². The molecule has 37 heavy (non-hydrogen) atoms. The molecule has 0 radical (unpaired) electrons. The number of aryl methyl sites for hydroxylation is 1. The number of hydrogen-bond acceptors (Lipinski definition) is 6. The number of nitrogens with one attached hydrogen (secondary N) is 2. The van der Waals surface area contributed by atoms with E-state index in [1.807, 2.05) is 12.1 Å². The van der Waals surface area contributed by atoms with Crippen LogP contribution in [0.15, 0.2) is 39.9 Å². The molecule has 194 valence electrons. The molecule has 1 fully saturated rings. The second-order valence-corrected chi connectivity index (χ2v) is 10.2. The highest BCUT2D eigenvalue weighted by molar-refractivity contribution is 5.93. The number of likely N-dealkylation sites (tertiary alicyclic amines) is 1. The van der Waals surface area contributed by atoms with Gasteiger partial charge in [0, 0.05) is 31.8 Å². The third-order valence-corrected chi connectivity index (χ3v) is 7.64. The summed E-state index contributed by atoms with van der Waals surface area (Å²) in [6.45, 7) is 3.64. The van der Waals surface area contributed by atoms with E-state index in [2.05, 4.69) is 21.0 Å². The van der Waals surface area contributed by atoms with Crippen molar-refractivity contribution in [1.29, 1.82) is 0 Å². The van der Waals surface area contributed by atoms with Gasteiger partial charge in [0.1, 0.15) is 17.0 Å². The number of methoxy groups -OCH3 is 1. The zero-order chi connectivity index (χ0) is 25.4. The van der Waals surface area contributed by atoms with Gasteiger partial charge in [-0.2, -0.15) is 0 Å². The summed E-state index contributed by atoms with van der Waals surface area (Å²) in [5.41, 5.74) is 3.52. The number of H-pyrrole nitrogens is 2. The van der Waals surface area contributed by atoms with E-state index < -0.39 is 0 Å². The van der Waals surface area contributed by atoms with Crippen molar-refractivity contribution in [3.63, 3.8) is 0 Å². The first-order chi connectivity index (χ1) is 18.1. The lowest BCUT2D eigenvalue weighted by atomic mass is 10.0. The predicted molar refractivity (Wildman–Crippen MR) is 143 cm³/mol. The Morgan fingerprint density at radius 2 is 2.00 bits per heavy atom. The number of benzene rings is 2. The molecule has 9 heteroatoms. The highest BCUT2D eigenvalue weighted by Gasteiger charge is 2.24. The average molecular weight is 504 g/mol. The first kappa shape index (κ1) is 23.9. The van der Waals surface area contributed by atoms with E-state index >= 15 is 0 Å². The number of para-hydroxylation sites is 1. The van der Waals surface area contributed by atoms with Crippen LogP contribution in [0, 0.1) is 0 Å². The van der Waals surface area contributed by atoms with E-state index in [1.54, 1.807) is 23.9 Å². The summed E-state index contributed by atoms with van der Waals surface area (Å²) in [6.07, 6.45) is 6.19. The first-order valence-corrected chi connectivity index (χ1v) is 13.3. The Morgan fingerprint density at radius 1 is 1.11 bits per heavy atom. The average Bonchev–Trinajstić information content (AvgIpc) is 3.22. The van der Waals surface area contributed by atoms with Crippen molar-refractivity contribution in [2.45, 2.75) is 57.7 Å². The summed E-state index contributed by atoms with van der Waals surface area (Å²) < 4.78 is 13.4. The summed E-state index contributed by atoms with van der Waals surface area (Å²) in [7, 11) is 1.76. The quantitative estimate of drug-likeness (QED) is 0.439. The fourth-order valence-corrected chi connectivity index (χ4v) is 5.76. The zero-order valence-corrected chi connectivity index (χ0v) is 21.2. The predicted octanol–water partition coefficient (Wildman–Crippen LogP) is 3.80. The van der Waals surface area contributed by atoms with Gasteiger partial charge in [0.15, 0.2) is 0 Å². The maximum Gasteiger partial charge on any atom is 0.275 e. The minimum absolute atomic E-state index is 0.0741. The first-order valence-electron chi connectivity index (χ1n) is 13.3. The molecule has 1 saturated heterocycles. The maximum absolute atomic E-state index is 13.3. The topological polar surface area (TPSA) is 105 Å². The molecule has 9 nitrogen and oxygen atoms in total. The van der Waals surface area contributed by atoms with E-state index in [-0.39, 0.29) is 16.8 Å². The second-order valence-electron chi connectivity index (χ2n) is 10.2. The van der Waals surface area contributed by atoms with Gasteiger partial charge in [0.05, 0.1) is 29.6 Å². The number of aromatic nitrogens is 4. The van der Waals surface area contributed by atoms with E-state index in [1.165, 1.54) is 12.8 Å². The van der Waals surface area contributed by atoms with Crippen LogP contribution in [0.25, 0.3) is 33.2 Å². The summed E-state index contributed by atoms with van der Waals surface area (Å²) in [6, 6.07) is 9.90. The number of ether oxygens (including phenoxy) is 2. The normalized spacial score (nSPS) is 18.9. The molecule has 6 rings (SSSR count). The van der Waals surface area contributed by atoms with Crippen molar-refractivity contribution in [2.24, 2.45) is 0 Å². The van der Waals surface area contributed by atoms with Crippen LogP contribution >= 0.6 is 0 Å². The molecular formula is C28H33N5O4. The van der Waals surface area contributed by atoms with Crippen LogP contribution in [0.2, 0.25) is 0 Å². The van der Waals surface area contributed by atoms with Crippen LogP contribution in [0.1, 0.15) is 44.1 Å². The second kappa shape index (κ2) is 10.1. The molecule has 0 saturated carbocycles. The van der Waals surface area contributed by atoms with E-state index in [0.717, 1.165) is 44.3 Å². The third kappa shape index (κ3) is 4.57. The molecule has 2 aliphatic heterocycles. The Bertz CT molecular complexity index is 1550. The smallest absolute Gasteiger partial charge is 0.275 e. The Kier molecular flexibility index (Phi) is 6.56. The van der Waals surface area contributed by atoms with Gasteiger partial charge in [-0.05, 0) is 62.4 Å². The molecular weight excluding hydrogens is 470 g/mol. The molecule has 0 spiro atoms. The van der Waals surface area contributed by atoms with Gasteiger partial charge in [0.25, 0.3) is 11.1 Å². The Balaban J connectivity index is 1.47. The largest absolute Gasteiger partial charge is 0.491 e. The van der Waals surface area contributed by atoms with E-state index in [4.69, 9.17) is 14.5 Å². The van der Waals surface area contributed by atoms with Crippen LogP contribution < -0.4 is 15.9 Å². The lowest BCUT2D eigenvalue weighted by Gasteiger charge is -2.35. The minimum Gasteiger partial charge on any atom is -0.491 e. The molecule has 4 bridgehead atoms. The number of hydrogen-bond donors (Lipinski definition) is 2. The van der Waals surface area contributed by atoms with Crippen LogP contribution in [-0.4, -0.2) is 57.6 Å². The Morgan fingerprint density at radius 3 is 2.89 bits per heavy atom. The van der Waals surface area contributed by atoms with Gasteiger partial charge in [0.2, 0.25) is 0 Å². The Hall–Kier alpha value is -3.43. The van der Waals surface area contributed by atoms with Crippen molar-refractivity contribution in [1.82, 2.24) is 24.6 Å². The number of rotatable bonds is 4. The molecule has 1 atom stereocenters. The molecule has 2 N–H and O–H groups in total. The molecule has 4 heterocycles. The van der Waals surface area contributed by atoms with Crippen molar-refractivity contribution in [3.8, 4) is 17.0 Å². The van der Waals surface area contributed by atoms with Crippen molar-refractivity contribution in [2.75, 3.05) is 26.9 Å². The molecule has 2 aliphatic rings. The van der Waals surface area contributed by atoms with Gasteiger partial charge in [-0.15, -0.1) is 0 Å². The Labute approximate surface area is 214 Å². The molecule has 1 unspecified atom stereocenters. The highest BCUT2D eigenvalue weighted by atomic mass is 16.5. The third-order valence-electron chi connectivity index (χ3n) is 7.64. The molecule has 4 aromatic rings. The lowest BCUT2D eigenvalue weighted by Crippen LogP contribution is -2.41. The SMILES string of the molecule is COCC1CCCCN1Cc1cc2c3nc(c(=O)[nH]c3c1)-c1cccc3c(=O)n([nH]c13)CCCCCO2. The summed E-state index contributed by atoms with van der Waals surface area (Å²) >= 11 is 0. The fourth-order valence-electron chi connectivity index (χ4n) is 5.76. The van der Waals surface area contributed by atoms with Crippen LogP contribution in [0.5, 0.6) is 5.75 Å². The minimum atomic E-state index is -0.293. The highest BCUT2D eigenvalue weighted by Crippen LogP contribution is 2.30. The lowest BCUT2D eigenvalue weighted by molar-refractivity contribution is 0.0600. The van der Waals surface area contributed by atoms with E-state index in [0.29, 0.717) is 59.0 Å². The van der Waals surface area contributed by atoms with Crippen molar-refractivity contribution in [3.05, 3.63) is 56.6 Å². The molecule has 0 aliphatic carbocycles. The molecule has 2 aromatic carbocycles. The van der Waals surface area contributed by atoms with Gasteiger partial charge in [-0.1, -0.05) is 18.6 Å². The summed E-state index contributed by atoms with van der Waals surface area (Å²) in [5, 5.41) is 3.79. The van der Waals surface area contributed by atoms with Gasteiger partial charge < -0.3 is 14.5 Å². The van der Waals surface area contributed by atoms with E-state index in [9.17, 15) is 9.59 Å². The summed E-state index contributed by atoms with van der Waals surface area (Å²) in [4.78, 5) is 36.6. The monoisotopic (exact) mass is 503 g/mol. The number of piperidine rings is 1. The van der Waals surface area contributed by atoms with Crippen molar-refractivity contribution >= 4 is 21.9 Å². The van der Waals surface area contributed by atoms with Gasteiger partial charge in [-0.25, -0.2) is 4.98 Å². The number of fused-ring (bicyclic) bond motifs is 3. The van der Waals surface area contributed by atoms with Gasteiger partial charge in [-0.3, -0.25) is 24.3 Å². The maximum atomic E-state index is 13.3. The fraction of sp³-hybridized carbons (Fsp3) is 0.464. The zero-order valence-electron chi connectivity index (χ0n) is 21.2. The number of nitrogens with zero attached hydrogens (tertiary/aromatic N) is 3. The standard InChI is InChI=1S/C28H33N5O4/c1-36-17-19-8-3-5-11-32(19)16-18-14-22-26-23(15-18)37-13-6-2-4-12-33-28(35)21-10-7-9-20(24(21)31-33)25(30-26)27(34)29-22/h7,9-10,14-15,19,31H,2-6,8,11-13,16-17H2,1H3,(H,29,34). The van der Waals surface area contributed by atoms with Crippen LogP contribution in [0.3, 0.4) is 0 Å². The number of aromatic amines is 2. The van der Waals surface area contributed by atoms with Crippen LogP contribution in [-0.2, 0) is 17.8 Å². The molecule has 2 aromatic heterocycles. The van der Waals surface area contributed by atoms with Gasteiger partial charge >= 0.3 is 0 Å². The molecule has 0 amide bonds.